The fourth-order valence-electron chi connectivity index (χ4n) is 1.54. The average Bonchev–Trinajstić information content (AvgIpc) is 2.86. The first-order valence-electron chi connectivity index (χ1n) is 5.98. The van der Waals surface area contributed by atoms with Crippen molar-refractivity contribution in [3.8, 4) is 5.40 Å². The Morgan fingerprint density at radius 2 is 2.24 bits per heavy atom. The minimum Gasteiger partial charge on any atom is -0.325 e. The highest BCUT2D eigenvalue weighted by molar-refractivity contribution is 8.03. The van der Waals surface area contributed by atoms with Gasteiger partial charge in [-0.15, -0.1) is 10.2 Å². The number of benzene rings is 1. The number of aromatic nitrogens is 2. The number of hydrogen-bond donors (Lipinski definition) is 1. The first-order chi connectivity index (χ1) is 10.1. The largest absolute Gasteiger partial charge is 0.325 e. The van der Waals surface area contributed by atoms with Crippen LogP contribution < -0.4 is 5.32 Å². The predicted molar refractivity (Wildman–Crippen MR) is 86.6 cm³/mol. The van der Waals surface area contributed by atoms with Crippen LogP contribution in [0.5, 0.6) is 0 Å². The van der Waals surface area contributed by atoms with E-state index in [2.05, 4.69) is 15.5 Å². The van der Waals surface area contributed by atoms with Crippen molar-refractivity contribution in [3.63, 3.8) is 0 Å². The molecule has 0 radical (unpaired) electrons. The van der Waals surface area contributed by atoms with E-state index in [1.54, 1.807) is 0 Å². The van der Waals surface area contributed by atoms with Crippen molar-refractivity contribution in [2.24, 2.45) is 0 Å². The topological polar surface area (TPSA) is 78.7 Å². The molecule has 1 N–H and O–H groups in total. The van der Waals surface area contributed by atoms with Crippen LogP contribution in [0.3, 0.4) is 0 Å². The van der Waals surface area contributed by atoms with Crippen LogP contribution in [0.25, 0.3) is 0 Å². The van der Waals surface area contributed by atoms with E-state index < -0.39 is 0 Å². The normalized spacial score (nSPS) is 10.1. The van der Waals surface area contributed by atoms with Crippen LogP contribution >= 0.6 is 34.9 Å². The van der Waals surface area contributed by atoms with E-state index in [0.717, 1.165) is 37.3 Å². The van der Waals surface area contributed by atoms with Crippen molar-refractivity contribution in [2.75, 3.05) is 11.1 Å². The molecule has 0 aliphatic carbocycles. The van der Waals surface area contributed by atoms with Crippen molar-refractivity contribution >= 4 is 46.5 Å². The van der Waals surface area contributed by atoms with Crippen molar-refractivity contribution in [1.82, 2.24) is 10.2 Å². The fourth-order valence-corrected chi connectivity index (χ4v) is 3.64. The van der Waals surface area contributed by atoms with Gasteiger partial charge in [-0.1, -0.05) is 23.1 Å². The highest BCUT2D eigenvalue weighted by Gasteiger charge is 2.08. The van der Waals surface area contributed by atoms with E-state index in [0.29, 0.717) is 5.75 Å². The SMILES string of the molecule is Cc1nnc(SCC(=O)Nc2ccc(SC#N)cc2C)s1. The summed E-state index contributed by atoms with van der Waals surface area (Å²) in [6, 6.07) is 5.51. The summed E-state index contributed by atoms with van der Waals surface area (Å²) in [6.45, 7) is 3.78. The molecule has 2 rings (SSSR count). The number of hydrogen-bond acceptors (Lipinski definition) is 7. The van der Waals surface area contributed by atoms with E-state index in [9.17, 15) is 4.79 Å². The monoisotopic (exact) mass is 336 g/mol. The average molecular weight is 336 g/mol. The molecule has 0 atom stereocenters. The van der Waals surface area contributed by atoms with Gasteiger partial charge in [0, 0.05) is 10.6 Å². The summed E-state index contributed by atoms with van der Waals surface area (Å²) < 4.78 is 0.792. The quantitative estimate of drug-likeness (QED) is 0.665. The van der Waals surface area contributed by atoms with Crippen molar-refractivity contribution < 1.29 is 4.79 Å². The fraction of sp³-hybridized carbons (Fsp3) is 0.231. The Morgan fingerprint density at radius 3 is 2.86 bits per heavy atom. The number of carbonyl (C=O) groups is 1. The second-order valence-electron chi connectivity index (χ2n) is 4.09. The maximum absolute atomic E-state index is 11.9. The van der Waals surface area contributed by atoms with E-state index in [-0.39, 0.29) is 5.91 Å². The molecule has 0 saturated heterocycles. The summed E-state index contributed by atoms with van der Waals surface area (Å²) >= 11 is 3.95. The maximum Gasteiger partial charge on any atom is 0.234 e. The number of thiocyanates is 1. The van der Waals surface area contributed by atoms with Crippen LogP contribution in [0.4, 0.5) is 5.69 Å². The second-order valence-corrected chi connectivity index (χ2v) is 7.36. The summed E-state index contributed by atoms with van der Waals surface area (Å²) in [5.74, 6) is 0.208. The smallest absolute Gasteiger partial charge is 0.234 e. The van der Waals surface area contributed by atoms with Crippen LogP contribution in [0.1, 0.15) is 10.6 Å². The third-order valence-electron chi connectivity index (χ3n) is 2.47. The second kappa shape index (κ2) is 7.45. The predicted octanol–water partition coefficient (Wildman–Crippen LogP) is 3.46. The van der Waals surface area contributed by atoms with Gasteiger partial charge in [-0.3, -0.25) is 4.79 Å². The summed E-state index contributed by atoms with van der Waals surface area (Å²) in [7, 11) is 0. The molecule has 0 bridgehead atoms. The molecule has 2 aromatic rings. The minimum absolute atomic E-state index is 0.0864. The van der Waals surface area contributed by atoms with Gasteiger partial charge in [0.05, 0.1) is 5.75 Å². The molecule has 1 aromatic heterocycles. The van der Waals surface area contributed by atoms with Gasteiger partial charge >= 0.3 is 0 Å². The zero-order valence-corrected chi connectivity index (χ0v) is 13.9. The van der Waals surface area contributed by atoms with Crippen LogP contribution in [0.2, 0.25) is 0 Å². The van der Waals surface area contributed by atoms with Gasteiger partial charge in [-0.25, -0.2) is 0 Å². The van der Waals surface area contributed by atoms with E-state index in [4.69, 9.17) is 5.26 Å². The van der Waals surface area contributed by atoms with Gasteiger partial charge in [-0.05, 0) is 49.4 Å². The van der Waals surface area contributed by atoms with E-state index >= 15 is 0 Å². The number of anilines is 1. The maximum atomic E-state index is 11.9. The Hall–Kier alpha value is -1.56. The molecule has 0 spiro atoms. The van der Waals surface area contributed by atoms with Crippen molar-refractivity contribution in [1.29, 1.82) is 5.26 Å². The molecule has 108 valence electrons. The van der Waals surface area contributed by atoms with Crippen molar-refractivity contribution in [2.45, 2.75) is 23.1 Å². The highest BCUT2D eigenvalue weighted by atomic mass is 32.2. The van der Waals surface area contributed by atoms with Gasteiger partial charge in [0.2, 0.25) is 5.91 Å². The third-order valence-corrected chi connectivity index (χ3v) is 5.02. The van der Waals surface area contributed by atoms with Gasteiger partial charge in [-0.2, -0.15) is 5.26 Å². The highest BCUT2D eigenvalue weighted by Crippen LogP contribution is 2.25. The summed E-state index contributed by atoms with van der Waals surface area (Å²) in [5, 5.41) is 22.3. The Morgan fingerprint density at radius 1 is 1.43 bits per heavy atom. The molecule has 8 heteroatoms. The number of rotatable bonds is 5. The number of thioether (sulfide) groups is 2. The molecular formula is C13H12N4OS3. The standard InChI is InChI=1S/C13H12N4OS3/c1-8-5-10(20-7-14)3-4-11(8)15-12(18)6-19-13-17-16-9(2)21-13/h3-5H,6H2,1-2H3,(H,15,18). The molecule has 0 unspecified atom stereocenters. The molecule has 1 amide bonds. The number of nitrogens with zero attached hydrogens (tertiary/aromatic N) is 3. The number of aryl methyl sites for hydroxylation is 2. The van der Waals surface area contributed by atoms with Gasteiger partial charge in [0.1, 0.15) is 10.4 Å². The lowest BCUT2D eigenvalue weighted by Gasteiger charge is -2.08. The van der Waals surface area contributed by atoms with Crippen molar-refractivity contribution in [3.05, 3.63) is 28.8 Å². The Kier molecular flexibility index (Phi) is 5.61. The zero-order chi connectivity index (χ0) is 15.2. The zero-order valence-electron chi connectivity index (χ0n) is 11.4. The summed E-state index contributed by atoms with van der Waals surface area (Å²) in [6.07, 6.45) is 0. The number of amides is 1. The molecule has 5 nitrogen and oxygen atoms in total. The number of carbonyl (C=O) groups excluding carboxylic acids is 1. The number of nitrogens with one attached hydrogen (secondary N) is 1. The third kappa shape index (κ3) is 4.74. The van der Waals surface area contributed by atoms with Crippen LogP contribution in [0.15, 0.2) is 27.4 Å². The summed E-state index contributed by atoms with van der Waals surface area (Å²) in [4.78, 5) is 12.8. The lowest BCUT2D eigenvalue weighted by Crippen LogP contribution is -2.14. The molecule has 0 aliphatic rings. The molecule has 0 aliphatic heterocycles. The van der Waals surface area contributed by atoms with E-state index in [1.807, 2.05) is 37.4 Å². The Labute approximate surface area is 135 Å². The molecule has 1 aromatic carbocycles. The molecule has 1 heterocycles. The van der Waals surface area contributed by atoms with Gasteiger partial charge < -0.3 is 5.32 Å². The first kappa shape index (κ1) is 15.8. The lowest BCUT2D eigenvalue weighted by molar-refractivity contribution is -0.113. The minimum atomic E-state index is -0.0864. The first-order valence-corrected chi connectivity index (χ1v) is 8.59. The summed E-state index contributed by atoms with van der Waals surface area (Å²) in [5.41, 5.74) is 1.69. The molecular weight excluding hydrogens is 324 g/mol. The van der Waals surface area contributed by atoms with E-state index in [1.165, 1.54) is 23.1 Å². The Bertz CT molecular complexity index is 693. The van der Waals surface area contributed by atoms with Crippen LogP contribution in [-0.2, 0) is 4.79 Å². The van der Waals surface area contributed by atoms with Gasteiger partial charge in [0.25, 0.3) is 0 Å². The molecule has 21 heavy (non-hydrogen) atoms. The molecule has 0 saturated carbocycles. The van der Waals surface area contributed by atoms with Gasteiger partial charge in [0.15, 0.2) is 4.34 Å². The van der Waals surface area contributed by atoms with Crippen LogP contribution in [0, 0.1) is 24.5 Å². The molecule has 0 fully saturated rings. The Balaban J connectivity index is 1.92. The lowest BCUT2D eigenvalue weighted by atomic mass is 10.2. The van der Waals surface area contributed by atoms with Crippen LogP contribution in [-0.4, -0.2) is 21.9 Å². The number of nitriles is 1.